The SMILES string of the molecule is CC1CCSC(=NCc2ccc(S(C)(=O)=O)cc2)N1. The maximum atomic E-state index is 11.3. The zero-order valence-electron chi connectivity index (χ0n) is 11.1. The fourth-order valence-corrected chi connectivity index (χ4v) is 3.49. The fraction of sp³-hybridized carbons (Fsp3) is 0.462. The average molecular weight is 298 g/mol. The van der Waals surface area contributed by atoms with Crippen LogP contribution < -0.4 is 5.32 Å². The van der Waals surface area contributed by atoms with Gasteiger partial charge in [-0.1, -0.05) is 23.9 Å². The normalized spacial score (nSPS) is 22.2. The van der Waals surface area contributed by atoms with E-state index >= 15 is 0 Å². The molecule has 1 fully saturated rings. The minimum absolute atomic E-state index is 0.350. The molecule has 1 unspecified atom stereocenters. The summed E-state index contributed by atoms with van der Waals surface area (Å²) in [4.78, 5) is 4.86. The predicted octanol–water partition coefficient (Wildman–Crippen LogP) is 2.06. The van der Waals surface area contributed by atoms with Gasteiger partial charge in [0.1, 0.15) is 0 Å². The van der Waals surface area contributed by atoms with Crippen LogP contribution in [-0.4, -0.2) is 31.6 Å². The maximum absolute atomic E-state index is 11.3. The Kier molecular flexibility index (Phi) is 4.52. The largest absolute Gasteiger partial charge is 0.362 e. The van der Waals surface area contributed by atoms with Gasteiger partial charge in [-0.2, -0.15) is 0 Å². The van der Waals surface area contributed by atoms with Crippen molar-refractivity contribution >= 4 is 26.8 Å². The van der Waals surface area contributed by atoms with Crippen molar-refractivity contribution in [2.75, 3.05) is 12.0 Å². The van der Waals surface area contributed by atoms with Crippen LogP contribution in [0.5, 0.6) is 0 Å². The van der Waals surface area contributed by atoms with Crippen LogP contribution in [0.2, 0.25) is 0 Å². The van der Waals surface area contributed by atoms with Crippen LogP contribution >= 0.6 is 11.8 Å². The topological polar surface area (TPSA) is 58.5 Å². The second-order valence-electron chi connectivity index (χ2n) is 4.72. The third-order valence-electron chi connectivity index (χ3n) is 2.92. The fourth-order valence-electron chi connectivity index (χ4n) is 1.75. The Balaban J connectivity index is 2.02. The molecule has 0 aliphatic carbocycles. The molecule has 0 radical (unpaired) electrons. The number of rotatable bonds is 3. The Hall–Kier alpha value is -1.01. The van der Waals surface area contributed by atoms with Crippen molar-refractivity contribution < 1.29 is 8.42 Å². The first-order valence-corrected chi connectivity index (χ1v) is 9.05. The summed E-state index contributed by atoms with van der Waals surface area (Å²) in [7, 11) is -3.11. The van der Waals surface area contributed by atoms with Crippen molar-refractivity contribution in [3.63, 3.8) is 0 Å². The third-order valence-corrected chi connectivity index (χ3v) is 5.00. The summed E-state index contributed by atoms with van der Waals surface area (Å²) >= 11 is 1.74. The molecule has 2 rings (SSSR count). The number of nitrogens with one attached hydrogen (secondary N) is 1. The highest BCUT2D eigenvalue weighted by Gasteiger charge is 2.12. The molecule has 1 N–H and O–H groups in total. The van der Waals surface area contributed by atoms with E-state index in [-0.39, 0.29) is 0 Å². The lowest BCUT2D eigenvalue weighted by atomic mass is 10.2. The van der Waals surface area contributed by atoms with E-state index in [0.29, 0.717) is 17.5 Å². The van der Waals surface area contributed by atoms with Gasteiger partial charge in [-0.05, 0) is 31.0 Å². The molecule has 1 aromatic carbocycles. The van der Waals surface area contributed by atoms with Gasteiger partial charge in [0.15, 0.2) is 15.0 Å². The first-order chi connectivity index (χ1) is 8.95. The molecule has 1 atom stereocenters. The molecule has 0 saturated carbocycles. The minimum atomic E-state index is -3.11. The highest BCUT2D eigenvalue weighted by atomic mass is 32.2. The second kappa shape index (κ2) is 5.96. The van der Waals surface area contributed by atoms with Gasteiger partial charge in [-0.25, -0.2) is 8.42 Å². The highest BCUT2D eigenvalue weighted by molar-refractivity contribution is 8.13. The monoisotopic (exact) mass is 298 g/mol. The number of aliphatic imine (C=N–C) groups is 1. The summed E-state index contributed by atoms with van der Waals surface area (Å²) in [5, 5.41) is 4.32. The zero-order valence-corrected chi connectivity index (χ0v) is 12.7. The van der Waals surface area contributed by atoms with Gasteiger partial charge < -0.3 is 5.32 Å². The van der Waals surface area contributed by atoms with Crippen molar-refractivity contribution in [2.45, 2.75) is 30.8 Å². The first kappa shape index (κ1) is 14.4. The number of nitrogens with zero attached hydrogens (tertiary/aromatic N) is 1. The van der Waals surface area contributed by atoms with E-state index in [9.17, 15) is 8.42 Å². The van der Waals surface area contributed by atoms with E-state index in [1.165, 1.54) is 6.26 Å². The minimum Gasteiger partial charge on any atom is -0.362 e. The number of benzene rings is 1. The molecular weight excluding hydrogens is 280 g/mol. The molecular formula is C13H18N2O2S2. The Morgan fingerprint density at radius 1 is 1.37 bits per heavy atom. The summed E-state index contributed by atoms with van der Waals surface area (Å²) in [6, 6.07) is 7.38. The molecule has 1 saturated heterocycles. The van der Waals surface area contributed by atoms with Gasteiger partial charge in [-0.15, -0.1) is 0 Å². The lowest BCUT2D eigenvalue weighted by molar-refractivity contribution is 0.602. The Labute approximate surface area is 118 Å². The van der Waals surface area contributed by atoms with E-state index in [1.54, 1.807) is 23.9 Å². The third kappa shape index (κ3) is 4.24. The van der Waals surface area contributed by atoms with Gasteiger partial charge >= 0.3 is 0 Å². The lowest BCUT2D eigenvalue weighted by Crippen LogP contribution is -2.35. The van der Waals surface area contributed by atoms with E-state index in [4.69, 9.17) is 0 Å². The smallest absolute Gasteiger partial charge is 0.175 e. The first-order valence-electron chi connectivity index (χ1n) is 6.18. The van der Waals surface area contributed by atoms with Crippen molar-refractivity contribution in [2.24, 2.45) is 4.99 Å². The number of amidine groups is 1. The van der Waals surface area contributed by atoms with Crippen LogP contribution in [0.4, 0.5) is 0 Å². The molecule has 0 bridgehead atoms. The van der Waals surface area contributed by atoms with Crippen LogP contribution in [0.3, 0.4) is 0 Å². The lowest BCUT2D eigenvalue weighted by Gasteiger charge is -2.21. The van der Waals surface area contributed by atoms with Crippen molar-refractivity contribution in [1.82, 2.24) is 5.32 Å². The van der Waals surface area contributed by atoms with Crippen LogP contribution in [0.25, 0.3) is 0 Å². The number of thioether (sulfide) groups is 1. The van der Waals surface area contributed by atoms with Crippen molar-refractivity contribution in [3.05, 3.63) is 29.8 Å². The quantitative estimate of drug-likeness (QED) is 0.928. The van der Waals surface area contributed by atoms with E-state index in [0.717, 1.165) is 22.9 Å². The standard InChI is InChI=1S/C13H18N2O2S2/c1-10-7-8-18-13(15-10)14-9-11-3-5-12(6-4-11)19(2,16)17/h3-6,10H,7-9H2,1-2H3,(H,14,15). The molecule has 1 aliphatic heterocycles. The summed E-state index contributed by atoms with van der Waals surface area (Å²) < 4.78 is 22.7. The molecule has 6 heteroatoms. The van der Waals surface area contributed by atoms with Gasteiger partial charge in [0, 0.05) is 18.1 Å². The van der Waals surface area contributed by atoms with Gasteiger partial charge in [0.05, 0.1) is 11.4 Å². The molecule has 1 aromatic rings. The van der Waals surface area contributed by atoms with Gasteiger partial charge in [-0.3, -0.25) is 4.99 Å². The summed E-state index contributed by atoms with van der Waals surface area (Å²) in [5.41, 5.74) is 1.01. The molecule has 104 valence electrons. The van der Waals surface area contributed by atoms with Gasteiger partial charge in [0.2, 0.25) is 0 Å². The van der Waals surface area contributed by atoms with Gasteiger partial charge in [0.25, 0.3) is 0 Å². The summed E-state index contributed by atoms with van der Waals surface area (Å²) in [6.45, 7) is 2.72. The maximum Gasteiger partial charge on any atom is 0.175 e. The van der Waals surface area contributed by atoms with Crippen molar-refractivity contribution in [1.29, 1.82) is 0 Å². The number of sulfone groups is 1. The summed E-state index contributed by atoms with van der Waals surface area (Å²) in [6.07, 6.45) is 2.37. The Morgan fingerprint density at radius 2 is 2.05 bits per heavy atom. The van der Waals surface area contributed by atoms with E-state index in [1.807, 2.05) is 12.1 Å². The van der Waals surface area contributed by atoms with E-state index in [2.05, 4.69) is 17.2 Å². The molecule has 1 heterocycles. The Bertz CT molecular complexity index is 565. The molecule has 0 amide bonds. The van der Waals surface area contributed by atoms with Crippen LogP contribution in [0.1, 0.15) is 18.9 Å². The molecule has 19 heavy (non-hydrogen) atoms. The Morgan fingerprint density at radius 3 is 2.63 bits per heavy atom. The average Bonchev–Trinajstić information content (AvgIpc) is 2.36. The van der Waals surface area contributed by atoms with Crippen LogP contribution in [0.15, 0.2) is 34.2 Å². The molecule has 0 aromatic heterocycles. The predicted molar refractivity (Wildman–Crippen MR) is 80.4 cm³/mol. The second-order valence-corrected chi connectivity index (χ2v) is 7.82. The zero-order chi connectivity index (χ0) is 13.9. The van der Waals surface area contributed by atoms with E-state index < -0.39 is 9.84 Å². The highest BCUT2D eigenvalue weighted by Crippen LogP contribution is 2.15. The number of hydrogen-bond acceptors (Lipinski definition) is 4. The molecule has 1 aliphatic rings. The summed E-state index contributed by atoms with van der Waals surface area (Å²) in [5.74, 6) is 1.10. The molecule has 0 spiro atoms. The van der Waals surface area contributed by atoms with Crippen LogP contribution in [-0.2, 0) is 16.4 Å². The molecule has 4 nitrogen and oxygen atoms in total. The number of hydrogen-bond donors (Lipinski definition) is 1. The van der Waals surface area contributed by atoms with Crippen molar-refractivity contribution in [3.8, 4) is 0 Å². The van der Waals surface area contributed by atoms with Crippen LogP contribution in [0, 0.1) is 0 Å².